The molecule has 2 heterocycles. The van der Waals surface area contributed by atoms with E-state index in [9.17, 15) is 13.6 Å². The van der Waals surface area contributed by atoms with Crippen LogP contribution in [0, 0.1) is 11.6 Å². The third-order valence-electron chi connectivity index (χ3n) is 5.40. The molecule has 1 amide bonds. The van der Waals surface area contributed by atoms with Crippen molar-refractivity contribution in [2.75, 3.05) is 0 Å². The number of nitrogens with one attached hydrogen (secondary N) is 1. The molecule has 0 spiro atoms. The molecule has 1 atom stereocenters. The van der Waals surface area contributed by atoms with Crippen molar-refractivity contribution >= 4 is 28.5 Å². The fourth-order valence-corrected chi connectivity index (χ4v) is 3.84. The maximum Gasteiger partial charge on any atom is 0.220 e. The molecule has 1 unspecified atom stereocenters. The van der Waals surface area contributed by atoms with Crippen LogP contribution >= 0.6 is 11.6 Å². The average Bonchev–Trinajstić information content (AvgIpc) is 3.10. The van der Waals surface area contributed by atoms with Crippen LogP contribution in [0.5, 0.6) is 0 Å². The molecule has 0 saturated heterocycles. The summed E-state index contributed by atoms with van der Waals surface area (Å²) in [5, 5.41) is 4.28. The number of rotatable bonds is 7. The molecule has 0 aliphatic carbocycles. The highest BCUT2D eigenvalue weighted by atomic mass is 35.5. The number of hydrogen-bond acceptors (Lipinski definition) is 2. The summed E-state index contributed by atoms with van der Waals surface area (Å²) in [4.78, 5) is 16.8. The minimum atomic E-state index is -0.404. The highest BCUT2D eigenvalue weighted by Crippen LogP contribution is 2.23. The van der Waals surface area contributed by atoms with Crippen molar-refractivity contribution in [2.45, 2.75) is 32.4 Å². The summed E-state index contributed by atoms with van der Waals surface area (Å²) in [6.07, 6.45) is 1.92. The molecular formula is C25H22ClF2N3O. The summed E-state index contributed by atoms with van der Waals surface area (Å²) < 4.78 is 28.8. The van der Waals surface area contributed by atoms with Crippen molar-refractivity contribution in [3.63, 3.8) is 0 Å². The highest BCUT2D eigenvalue weighted by molar-refractivity contribution is 6.30. The fourth-order valence-electron chi connectivity index (χ4n) is 3.72. The van der Waals surface area contributed by atoms with Crippen LogP contribution in [-0.4, -0.2) is 15.5 Å². The number of aryl methyl sites for hydroxylation is 1. The molecule has 0 radical (unpaired) electrons. The maximum atomic E-state index is 13.7. The fraction of sp³-hybridized carbons (Fsp3) is 0.200. The van der Waals surface area contributed by atoms with Gasteiger partial charge >= 0.3 is 0 Å². The van der Waals surface area contributed by atoms with Crippen molar-refractivity contribution in [1.82, 2.24) is 14.9 Å². The van der Waals surface area contributed by atoms with Gasteiger partial charge in [0.25, 0.3) is 0 Å². The molecule has 1 N–H and O–H groups in total. The summed E-state index contributed by atoms with van der Waals surface area (Å²) in [5.41, 5.74) is 3.40. The standard InChI is InChI=1S/C25H22ClF2N3O/c1-16(18-4-8-21(27)9-5-18)30-24(32)11-10-23-13-19-12-22(28)14-29-25(19)31(23)15-17-2-6-20(26)7-3-17/h2-9,12-14,16H,10-11,15H2,1H3,(H,30,32). The van der Waals surface area contributed by atoms with Crippen molar-refractivity contribution in [1.29, 1.82) is 0 Å². The minimum Gasteiger partial charge on any atom is -0.350 e. The van der Waals surface area contributed by atoms with Crippen LogP contribution in [0.25, 0.3) is 11.0 Å². The lowest BCUT2D eigenvalue weighted by molar-refractivity contribution is -0.121. The molecule has 2 aromatic heterocycles. The molecule has 2 aromatic carbocycles. The van der Waals surface area contributed by atoms with Crippen molar-refractivity contribution in [3.8, 4) is 0 Å². The zero-order chi connectivity index (χ0) is 22.7. The Morgan fingerprint density at radius 1 is 1.06 bits per heavy atom. The smallest absolute Gasteiger partial charge is 0.220 e. The topological polar surface area (TPSA) is 46.9 Å². The second-order valence-corrected chi connectivity index (χ2v) is 8.19. The molecule has 4 aromatic rings. The number of pyridine rings is 1. The SMILES string of the molecule is CC(NC(=O)CCc1cc2cc(F)cnc2n1Cc1ccc(Cl)cc1)c1ccc(F)cc1. The van der Waals surface area contributed by atoms with Crippen LogP contribution in [0.4, 0.5) is 8.78 Å². The van der Waals surface area contributed by atoms with Crippen molar-refractivity contribution < 1.29 is 13.6 Å². The minimum absolute atomic E-state index is 0.121. The quantitative estimate of drug-likeness (QED) is 0.383. The van der Waals surface area contributed by atoms with Crippen LogP contribution in [0.2, 0.25) is 5.02 Å². The predicted octanol–water partition coefficient (Wildman–Crippen LogP) is 5.83. The Morgan fingerprint density at radius 3 is 2.50 bits per heavy atom. The average molecular weight is 454 g/mol. The lowest BCUT2D eigenvalue weighted by Gasteiger charge is -2.15. The molecule has 7 heteroatoms. The molecule has 4 nitrogen and oxygen atoms in total. The summed E-state index contributed by atoms with van der Waals surface area (Å²) >= 11 is 5.99. The van der Waals surface area contributed by atoms with Crippen molar-refractivity contribution in [2.24, 2.45) is 0 Å². The van der Waals surface area contributed by atoms with Gasteiger partial charge in [0.15, 0.2) is 0 Å². The van der Waals surface area contributed by atoms with Crippen LogP contribution in [0.15, 0.2) is 66.9 Å². The van der Waals surface area contributed by atoms with E-state index in [1.165, 1.54) is 24.4 Å². The summed E-state index contributed by atoms with van der Waals surface area (Å²) in [6, 6.07) is 16.6. The number of fused-ring (bicyclic) bond motifs is 1. The molecule has 0 aliphatic heterocycles. The van der Waals surface area contributed by atoms with Gasteiger partial charge in [0.05, 0.1) is 12.2 Å². The molecule has 0 fully saturated rings. The Morgan fingerprint density at radius 2 is 1.78 bits per heavy atom. The summed E-state index contributed by atoms with van der Waals surface area (Å²) in [6.45, 7) is 2.39. The first-order valence-corrected chi connectivity index (χ1v) is 10.7. The van der Waals surface area contributed by atoms with Gasteiger partial charge in [-0.3, -0.25) is 4.79 Å². The van der Waals surface area contributed by atoms with Crippen LogP contribution in [0.1, 0.15) is 36.2 Å². The van der Waals surface area contributed by atoms with Gasteiger partial charge in [-0.05, 0) is 60.9 Å². The van der Waals surface area contributed by atoms with Gasteiger partial charge < -0.3 is 9.88 Å². The van der Waals surface area contributed by atoms with Gasteiger partial charge in [-0.1, -0.05) is 35.9 Å². The van der Waals surface area contributed by atoms with E-state index >= 15 is 0 Å². The number of hydrogen-bond donors (Lipinski definition) is 1. The van der Waals surface area contributed by atoms with E-state index in [0.29, 0.717) is 29.0 Å². The Kier molecular flexibility index (Phi) is 6.51. The first-order valence-electron chi connectivity index (χ1n) is 10.3. The van der Waals surface area contributed by atoms with Gasteiger partial charge in [-0.2, -0.15) is 0 Å². The van der Waals surface area contributed by atoms with Crippen molar-refractivity contribution in [3.05, 3.63) is 100 Å². The Labute approximate surface area is 189 Å². The maximum absolute atomic E-state index is 13.7. The van der Waals surface area contributed by atoms with Gasteiger partial charge in [-0.25, -0.2) is 13.8 Å². The zero-order valence-corrected chi connectivity index (χ0v) is 18.2. The van der Waals surface area contributed by atoms with E-state index in [-0.39, 0.29) is 24.2 Å². The number of nitrogens with zero attached hydrogens (tertiary/aromatic N) is 2. The molecule has 0 saturated carbocycles. The largest absolute Gasteiger partial charge is 0.350 e. The summed E-state index contributed by atoms with van der Waals surface area (Å²) in [7, 11) is 0. The van der Waals surface area contributed by atoms with E-state index < -0.39 is 5.82 Å². The first kappa shape index (κ1) is 22.0. The molecule has 0 aliphatic rings. The Hall–Kier alpha value is -3.25. The van der Waals surface area contributed by atoms with E-state index in [0.717, 1.165) is 16.8 Å². The molecule has 4 rings (SSSR count). The summed E-state index contributed by atoms with van der Waals surface area (Å²) in [5.74, 6) is -0.839. The van der Waals surface area contributed by atoms with Gasteiger partial charge in [0, 0.05) is 29.1 Å². The van der Waals surface area contributed by atoms with Gasteiger partial charge in [-0.15, -0.1) is 0 Å². The number of carbonyl (C=O) groups excluding carboxylic acids is 1. The van der Waals surface area contributed by atoms with Gasteiger partial charge in [0.1, 0.15) is 17.3 Å². The third-order valence-corrected chi connectivity index (χ3v) is 5.65. The van der Waals surface area contributed by atoms with E-state index in [1.807, 2.05) is 41.8 Å². The second kappa shape index (κ2) is 9.49. The third kappa shape index (κ3) is 5.14. The van der Waals surface area contributed by atoms with E-state index in [4.69, 9.17) is 11.6 Å². The molecule has 164 valence electrons. The lowest BCUT2D eigenvalue weighted by Crippen LogP contribution is -2.27. The number of benzene rings is 2. The molecule has 32 heavy (non-hydrogen) atoms. The lowest BCUT2D eigenvalue weighted by atomic mass is 10.1. The van der Waals surface area contributed by atoms with Crippen LogP contribution < -0.4 is 5.32 Å². The molecular weight excluding hydrogens is 432 g/mol. The number of aromatic nitrogens is 2. The second-order valence-electron chi connectivity index (χ2n) is 7.76. The highest BCUT2D eigenvalue weighted by Gasteiger charge is 2.15. The Balaban J connectivity index is 1.50. The normalized spacial score (nSPS) is 12.1. The zero-order valence-electron chi connectivity index (χ0n) is 17.5. The van der Waals surface area contributed by atoms with Crippen LogP contribution in [0.3, 0.4) is 0 Å². The molecule has 0 bridgehead atoms. The monoisotopic (exact) mass is 453 g/mol. The van der Waals surface area contributed by atoms with E-state index in [2.05, 4.69) is 10.3 Å². The number of amides is 1. The van der Waals surface area contributed by atoms with Gasteiger partial charge in [0.2, 0.25) is 5.91 Å². The Bertz CT molecular complexity index is 1240. The first-order chi connectivity index (χ1) is 15.4. The predicted molar refractivity (Wildman–Crippen MR) is 122 cm³/mol. The van der Waals surface area contributed by atoms with Crippen LogP contribution in [-0.2, 0) is 17.8 Å². The number of halogens is 3. The van der Waals surface area contributed by atoms with E-state index in [1.54, 1.807) is 12.1 Å². The number of carbonyl (C=O) groups is 1.